The van der Waals surface area contributed by atoms with Crippen LogP contribution in [0.4, 0.5) is 0 Å². The Bertz CT molecular complexity index is 459. The maximum atomic E-state index is 5.89. The van der Waals surface area contributed by atoms with E-state index in [2.05, 4.69) is 35.5 Å². The van der Waals surface area contributed by atoms with Crippen LogP contribution in [-0.4, -0.2) is 15.8 Å². The Kier molecular flexibility index (Phi) is 3.31. The molecule has 2 aromatic rings. The number of imidazole rings is 1. The van der Waals surface area contributed by atoms with Crippen molar-refractivity contribution in [3.05, 3.63) is 42.5 Å². The molecule has 0 amide bonds. The van der Waals surface area contributed by atoms with Crippen LogP contribution in [0.1, 0.15) is 18.7 Å². The molecule has 0 spiro atoms. The largest absolute Gasteiger partial charge is 0.323 e. The Morgan fingerprint density at radius 3 is 2.56 bits per heavy atom. The van der Waals surface area contributed by atoms with Gasteiger partial charge in [-0.05, 0) is 37.4 Å². The van der Waals surface area contributed by atoms with Gasteiger partial charge in [0.05, 0.1) is 18.2 Å². The van der Waals surface area contributed by atoms with Crippen LogP contribution in [-0.2, 0) is 0 Å². The summed E-state index contributed by atoms with van der Waals surface area (Å²) in [6.07, 6.45) is 5.68. The third kappa shape index (κ3) is 2.13. The van der Waals surface area contributed by atoms with Gasteiger partial charge >= 0.3 is 0 Å². The van der Waals surface area contributed by atoms with Crippen LogP contribution >= 0.6 is 11.8 Å². The van der Waals surface area contributed by atoms with Crippen LogP contribution < -0.4 is 5.73 Å². The fourth-order valence-electron chi connectivity index (χ4n) is 1.60. The van der Waals surface area contributed by atoms with Crippen LogP contribution in [0.15, 0.2) is 41.7 Å². The number of nitrogens with two attached hydrogens (primary N) is 1. The standard InChI is InChI=1S/C12H15N3S/c1-9(13)12-7-14-8-15(12)10-3-5-11(16-2)6-4-10/h3-9H,13H2,1-2H3. The Morgan fingerprint density at radius 2 is 2.00 bits per heavy atom. The molecular weight excluding hydrogens is 218 g/mol. The van der Waals surface area contributed by atoms with Crippen molar-refractivity contribution in [3.63, 3.8) is 0 Å². The highest BCUT2D eigenvalue weighted by atomic mass is 32.2. The van der Waals surface area contributed by atoms with Gasteiger partial charge in [0.1, 0.15) is 0 Å². The fourth-order valence-corrected chi connectivity index (χ4v) is 2.01. The van der Waals surface area contributed by atoms with Crippen molar-refractivity contribution in [2.24, 2.45) is 5.73 Å². The Balaban J connectivity index is 2.38. The molecule has 3 nitrogen and oxygen atoms in total. The second-order valence-corrected chi connectivity index (χ2v) is 4.55. The molecule has 0 saturated carbocycles. The number of benzene rings is 1. The van der Waals surface area contributed by atoms with Crippen LogP contribution in [0, 0.1) is 0 Å². The molecule has 84 valence electrons. The molecular formula is C12H15N3S. The quantitative estimate of drug-likeness (QED) is 0.829. The number of hydrogen-bond acceptors (Lipinski definition) is 3. The zero-order chi connectivity index (χ0) is 11.5. The minimum absolute atomic E-state index is 0.0114. The van der Waals surface area contributed by atoms with Crippen LogP contribution in [0.3, 0.4) is 0 Å². The number of aromatic nitrogens is 2. The zero-order valence-corrected chi connectivity index (χ0v) is 10.2. The maximum absolute atomic E-state index is 5.89. The fraction of sp³-hybridized carbons (Fsp3) is 0.250. The first-order chi connectivity index (χ1) is 7.72. The average Bonchev–Trinajstić information content (AvgIpc) is 2.78. The molecule has 0 aliphatic carbocycles. The summed E-state index contributed by atoms with van der Waals surface area (Å²) in [7, 11) is 0. The van der Waals surface area contributed by atoms with E-state index in [1.54, 1.807) is 18.1 Å². The van der Waals surface area contributed by atoms with Crippen molar-refractivity contribution >= 4 is 11.8 Å². The minimum Gasteiger partial charge on any atom is -0.323 e. The van der Waals surface area contributed by atoms with Crippen molar-refractivity contribution in [1.82, 2.24) is 9.55 Å². The Morgan fingerprint density at radius 1 is 1.31 bits per heavy atom. The smallest absolute Gasteiger partial charge is 0.0994 e. The van der Waals surface area contributed by atoms with Gasteiger partial charge in [0.25, 0.3) is 0 Å². The average molecular weight is 233 g/mol. The molecule has 1 atom stereocenters. The highest BCUT2D eigenvalue weighted by Crippen LogP contribution is 2.19. The lowest BCUT2D eigenvalue weighted by Gasteiger charge is -2.10. The number of nitrogens with zero attached hydrogens (tertiary/aromatic N) is 2. The molecule has 1 aromatic heterocycles. The van der Waals surface area contributed by atoms with Gasteiger partial charge in [0.2, 0.25) is 0 Å². The molecule has 0 radical (unpaired) electrons. The molecule has 2 rings (SSSR count). The summed E-state index contributed by atoms with van der Waals surface area (Å²) in [5.74, 6) is 0. The van der Waals surface area contributed by atoms with Crippen LogP contribution in [0.2, 0.25) is 0 Å². The predicted octanol–water partition coefficient (Wildman–Crippen LogP) is 2.61. The summed E-state index contributed by atoms with van der Waals surface area (Å²) in [5.41, 5.74) is 8.01. The summed E-state index contributed by atoms with van der Waals surface area (Å²) in [4.78, 5) is 5.40. The van der Waals surface area contributed by atoms with Crippen molar-refractivity contribution in [2.75, 3.05) is 6.26 Å². The van der Waals surface area contributed by atoms with E-state index < -0.39 is 0 Å². The van der Waals surface area contributed by atoms with Gasteiger partial charge in [-0.25, -0.2) is 4.98 Å². The van der Waals surface area contributed by atoms with E-state index in [4.69, 9.17) is 5.73 Å². The summed E-state index contributed by atoms with van der Waals surface area (Å²) in [6, 6.07) is 8.36. The molecule has 0 saturated heterocycles. The van der Waals surface area contributed by atoms with E-state index in [1.165, 1.54) is 4.90 Å². The van der Waals surface area contributed by atoms with Crippen molar-refractivity contribution in [2.45, 2.75) is 17.9 Å². The first kappa shape index (κ1) is 11.2. The van der Waals surface area contributed by atoms with E-state index in [0.29, 0.717) is 0 Å². The van der Waals surface area contributed by atoms with Crippen molar-refractivity contribution < 1.29 is 0 Å². The van der Waals surface area contributed by atoms with Gasteiger partial charge in [-0.3, -0.25) is 0 Å². The first-order valence-corrected chi connectivity index (χ1v) is 6.37. The maximum Gasteiger partial charge on any atom is 0.0994 e. The minimum atomic E-state index is -0.0114. The first-order valence-electron chi connectivity index (χ1n) is 5.14. The van der Waals surface area contributed by atoms with E-state index in [0.717, 1.165) is 11.4 Å². The van der Waals surface area contributed by atoms with E-state index in [1.807, 2.05) is 17.7 Å². The zero-order valence-electron chi connectivity index (χ0n) is 9.42. The number of thioether (sulfide) groups is 1. The van der Waals surface area contributed by atoms with Gasteiger partial charge in [-0.15, -0.1) is 11.8 Å². The highest BCUT2D eigenvalue weighted by molar-refractivity contribution is 7.98. The van der Waals surface area contributed by atoms with E-state index in [9.17, 15) is 0 Å². The Hall–Kier alpha value is -1.26. The summed E-state index contributed by atoms with van der Waals surface area (Å²) in [5, 5.41) is 0. The molecule has 16 heavy (non-hydrogen) atoms. The topological polar surface area (TPSA) is 43.8 Å². The van der Waals surface area contributed by atoms with Crippen molar-refractivity contribution in [1.29, 1.82) is 0 Å². The van der Waals surface area contributed by atoms with Gasteiger partial charge in [0.15, 0.2) is 0 Å². The van der Waals surface area contributed by atoms with Gasteiger partial charge < -0.3 is 10.3 Å². The number of hydrogen-bond donors (Lipinski definition) is 1. The molecule has 1 aromatic carbocycles. The van der Waals surface area contributed by atoms with Gasteiger partial charge in [-0.2, -0.15) is 0 Å². The summed E-state index contributed by atoms with van der Waals surface area (Å²) < 4.78 is 2.02. The van der Waals surface area contributed by atoms with Crippen molar-refractivity contribution in [3.8, 4) is 5.69 Å². The predicted molar refractivity (Wildman–Crippen MR) is 67.9 cm³/mol. The second-order valence-electron chi connectivity index (χ2n) is 3.68. The SMILES string of the molecule is CSc1ccc(-n2cncc2C(C)N)cc1. The molecule has 4 heteroatoms. The molecule has 0 aliphatic heterocycles. The number of rotatable bonds is 3. The second kappa shape index (κ2) is 4.72. The Labute approximate surface area is 99.7 Å². The molecule has 0 aliphatic rings. The lowest BCUT2D eigenvalue weighted by atomic mass is 10.2. The molecule has 1 unspecified atom stereocenters. The molecule has 0 fully saturated rings. The molecule has 2 N–H and O–H groups in total. The van der Waals surface area contributed by atoms with Gasteiger partial charge in [0, 0.05) is 16.6 Å². The summed E-state index contributed by atoms with van der Waals surface area (Å²) in [6.45, 7) is 1.96. The lowest BCUT2D eigenvalue weighted by molar-refractivity contribution is 0.752. The van der Waals surface area contributed by atoms with E-state index in [-0.39, 0.29) is 6.04 Å². The third-order valence-electron chi connectivity index (χ3n) is 2.48. The van der Waals surface area contributed by atoms with Crippen LogP contribution in [0.25, 0.3) is 5.69 Å². The molecule has 1 heterocycles. The molecule has 0 bridgehead atoms. The monoisotopic (exact) mass is 233 g/mol. The lowest BCUT2D eigenvalue weighted by Crippen LogP contribution is -2.10. The van der Waals surface area contributed by atoms with E-state index >= 15 is 0 Å². The normalized spacial score (nSPS) is 12.7. The summed E-state index contributed by atoms with van der Waals surface area (Å²) >= 11 is 1.74. The van der Waals surface area contributed by atoms with Gasteiger partial charge in [-0.1, -0.05) is 0 Å². The third-order valence-corrected chi connectivity index (χ3v) is 3.23. The highest BCUT2D eigenvalue weighted by Gasteiger charge is 2.07. The van der Waals surface area contributed by atoms with Crippen LogP contribution in [0.5, 0.6) is 0 Å².